The molecule has 1 aromatic heterocycles. The van der Waals surface area contributed by atoms with Crippen molar-refractivity contribution in [2.75, 3.05) is 42.1 Å². The van der Waals surface area contributed by atoms with E-state index in [1.54, 1.807) is 18.2 Å². The number of fused-ring (bicyclic) bond motifs is 1. The summed E-state index contributed by atoms with van der Waals surface area (Å²) in [5.74, 6) is 0.0717. The van der Waals surface area contributed by atoms with Crippen LogP contribution in [-0.4, -0.2) is 53.6 Å². The van der Waals surface area contributed by atoms with Gasteiger partial charge in [-0.3, -0.25) is 9.59 Å². The van der Waals surface area contributed by atoms with Gasteiger partial charge >= 0.3 is 0 Å². The highest BCUT2D eigenvalue weighted by Gasteiger charge is 2.23. The highest BCUT2D eigenvalue weighted by atomic mass is 79.9. The number of oxazole rings is 1. The van der Waals surface area contributed by atoms with E-state index in [-0.39, 0.29) is 17.6 Å². The lowest BCUT2D eigenvalue weighted by Crippen LogP contribution is -2.48. The molecule has 1 aliphatic rings. The fraction of sp³-hybridized carbons (Fsp3) is 0.192. The van der Waals surface area contributed by atoms with E-state index in [0.717, 1.165) is 28.9 Å². The number of nitrogens with zero attached hydrogens (tertiary/aromatic N) is 3. The van der Waals surface area contributed by atoms with E-state index in [1.807, 2.05) is 53.4 Å². The van der Waals surface area contributed by atoms with E-state index in [4.69, 9.17) is 16.0 Å². The highest BCUT2D eigenvalue weighted by molar-refractivity contribution is 9.10. The molecule has 184 valence electrons. The molecule has 36 heavy (non-hydrogen) atoms. The number of thioether (sulfide) groups is 1. The number of hydrogen-bond acceptors (Lipinski definition) is 6. The zero-order valence-electron chi connectivity index (χ0n) is 19.1. The summed E-state index contributed by atoms with van der Waals surface area (Å²) in [6.07, 6.45) is 0. The SMILES string of the molecule is O=C(CSc1nc2cc(Cl)ccc2o1)Nc1ccc(N2CCN(C(=O)c3ccccc3Br)CC2)cc1. The van der Waals surface area contributed by atoms with Gasteiger partial charge in [-0.25, -0.2) is 4.98 Å². The quantitative estimate of drug-likeness (QED) is 0.282. The Hall–Kier alpha value is -3.01. The van der Waals surface area contributed by atoms with Crippen molar-refractivity contribution in [2.24, 2.45) is 0 Å². The van der Waals surface area contributed by atoms with Crippen molar-refractivity contribution >= 4 is 73.6 Å². The van der Waals surface area contributed by atoms with E-state index in [1.165, 1.54) is 11.8 Å². The van der Waals surface area contributed by atoms with Crippen LogP contribution < -0.4 is 10.2 Å². The van der Waals surface area contributed by atoms with Crippen LogP contribution in [0.15, 0.2) is 80.8 Å². The number of carbonyl (C=O) groups is 2. The van der Waals surface area contributed by atoms with Gasteiger partial charge in [0, 0.05) is 47.0 Å². The molecule has 1 aliphatic heterocycles. The van der Waals surface area contributed by atoms with Crippen molar-refractivity contribution in [1.29, 1.82) is 0 Å². The predicted octanol–water partition coefficient (Wildman–Crippen LogP) is 5.94. The minimum atomic E-state index is -0.146. The van der Waals surface area contributed by atoms with Crippen LogP contribution in [0, 0.1) is 0 Å². The first-order chi connectivity index (χ1) is 17.5. The summed E-state index contributed by atoms with van der Waals surface area (Å²) >= 11 is 10.7. The Morgan fingerprint density at radius 3 is 2.53 bits per heavy atom. The lowest BCUT2D eigenvalue weighted by atomic mass is 10.1. The van der Waals surface area contributed by atoms with Gasteiger partial charge in [-0.15, -0.1) is 0 Å². The van der Waals surface area contributed by atoms with Crippen molar-refractivity contribution in [2.45, 2.75) is 5.22 Å². The third kappa shape index (κ3) is 5.69. The number of anilines is 2. The summed E-state index contributed by atoms with van der Waals surface area (Å²) in [5, 5.41) is 3.92. The minimum Gasteiger partial charge on any atom is -0.431 e. The zero-order chi connectivity index (χ0) is 25.1. The number of hydrogen-bond donors (Lipinski definition) is 1. The van der Waals surface area contributed by atoms with Crippen LogP contribution in [0.3, 0.4) is 0 Å². The Morgan fingerprint density at radius 1 is 1.03 bits per heavy atom. The Kier molecular flexibility index (Phi) is 7.50. The molecule has 3 aromatic carbocycles. The van der Waals surface area contributed by atoms with E-state index < -0.39 is 0 Å². The molecule has 1 saturated heterocycles. The van der Waals surface area contributed by atoms with Crippen LogP contribution in [0.2, 0.25) is 5.02 Å². The second-order valence-electron chi connectivity index (χ2n) is 8.23. The molecule has 1 N–H and O–H groups in total. The molecule has 0 saturated carbocycles. The molecule has 0 spiro atoms. The van der Waals surface area contributed by atoms with Crippen molar-refractivity contribution in [3.05, 3.63) is 81.8 Å². The average molecular weight is 586 g/mol. The Balaban J connectivity index is 1.11. The summed E-state index contributed by atoms with van der Waals surface area (Å²) in [7, 11) is 0. The Morgan fingerprint density at radius 2 is 1.78 bits per heavy atom. The smallest absolute Gasteiger partial charge is 0.257 e. The topological polar surface area (TPSA) is 78.7 Å². The third-order valence-corrected chi connectivity index (χ3v) is 7.60. The standard InChI is InChI=1S/C26H22BrClN4O3S/c27-21-4-2-1-3-20(21)25(34)32-13-11-31(12-14-32)19-8-6-18(7-9-19)29-24(33)16-36-26-30-22-15-17(28)5-10-23(22)35-26/h1-10,15H,11-14,16H2,(H,29,33). The number of carbonyl (C=O) groups excluding carboxylic acids is 2. The molecule has 2 heterocycles. The van der Waals surface area contributed by atoms with Gasteiger partial charge in [-0.2, -0.15) is 0 Å². The maximum Gasteiger partial charge on any atom is 0.257 e. The molecule has 0 atom stereocenters. The lowest BCUT2D eigenvalue weighted by molar-refractivity contribution is -0.113. The van der Waals surface area contributed by atoms with Gasteiger partial charge in [0.05, 0.1) is 11.3 Å². The molecule has 0 aliphatic carbocycles. The predicted molar refractivity (Wildman–Crippen MR) is 147 cm³/mol. The summed E-state index contributed by atoms with van der Waals surface area (Å²) in [6, 6.07) is 20.5. The fourth-order valence-corrected chi connectivity index (χ4v) is 5.25. The van der Waals surface area contributed by atoms with E-state index in [0.29, 0.717) is 40.0 Å². The molecule has 4 aromatic rings. The van der Waals surface area contributed by atoms with Crippen molar-refractivity contribution < 1.29 is 14.0 Å². The average Bonchev–Trinajstić information content (AvgIpc) is 3.30. The number of aromatic nitrogens is 1. The Labute approximate surface area is 225 Å². The van der Waals surface area contributed by atoms with Crippen LogP contribution >= 0.6 is 39.3 Å². The van der Waals surface area contributed by atoms with Crippen molar-refractivity contribution in [3.63, 3.8) is 0 Å². The lowest BCUT2D eigenvalue weighted by Gasteiger charge is -2.36. The number of halogens is 2. The molecule has 5 rings (SSSR count). The molecule has 0 radical (unpaired) electrons. The second-order valence-corrected chi connectivity index (χ2v) is 10.5. The molecule has 2 amide bonds. The van der Waals surface area contributed by atoms with Gasteiger partial charge in [0.15, 0.2) is 5.58 Å². The molecule has 1 fully saturated rings. The summed E-state index contributed by atoms with van der Waals surface area (Å²) in [4.78, 5) is 33.7. The second kappa shape index (κ2) is 10.9. The van der Waals surface area contributed by atoms with Crippen molar-refractivity contribution in [1.82, 2.24) is 9.88 Å². The summed E-state index contributed by atoms with van der Waals surface area (Å²) < 4.78 is 6.45. The molecule has 0 bridgehead atoms. The number of nitrogens with one attached hydrogen (secondary N) is 1. The zero-order valence-corrected chi connectivity index (χ0v) is 22.3. The van der Waals surface area contributed by atoms with Crippen LogP contribution in [0.4, 0.5) is 11.4 Å². The summed E-state index contributed by atoms with van der Waals surface area (Å²) in [5.41, 5.74) is 3.76. The fourth-order valence-electron chi connectivity index (χ4n) is 3.99. The van der Waals surface area contributed by atoms with E-state index in [9.17, 15) is 9.59 Å². The van der Waals surface area contributed by atoms with E-state index >= 15 is 0 Å². The molecule has 0 unspecified atom stereocenters. The highest BCUT2D eigenvalue weighted by Crippen LogP contribution is 2.26. The van der Waals surface area contributed by atoms with Crippen LogP contribution in [0.25, 0.3) is 11.1 Å². The van der Waals surface area contributed by atoms with Crippen LogP contribution in [0.5, 0.6) is 0 Å². The first kappa shape index (κ1) is 24.7. The largest absolute Gasteiger partial charge is 0.431 e. The maximum atomic E-state index is 12.8. The molecule has 7 nitrogen and oxygen atoms in total. The van der Waals surface area contributed by atoms with Gasteiger partial charge in [-0.1, -0.05) is 35.5 Å². The Bertz CT molecular complexity index is 1400. The summed E-state index contributed by atoms with van der Waals surface area (Å²) in [6.45, 7) is 2.79. The van der Waals surface area contributed by atoms with Gasteiger partial charge in [-0.05, 0) is 70.5 Å². The number of benzene rings is 3. The normalized spacial score (nSPS) is 13.7. The van der Waals surface area contributed by atoms with Crippen LogP contribution in [-0.2, 0) is 4.79 Å². The maximum absolute atomic E-state index is 12.8. The number of piperazine rings is 1. The number of rotatable bonds is 6. The molecular formula is C26H22BrClN4O3S. The first-order valence-corrected chi connectivity index (χ1v) is 13.5. The third-order valence-electron chi connectivity index (χ3n) is 5.84. The molecule has 10 heteroatoms. The van der Waals surface area contributed by atoms with Crippen LogP contribution in [0.1, 0.15) is 10.4 Å². The van der Waals surface area contributed by atoms with Gasteiger partial charge in [0.25, 0.3) is 11.1 Å². The number of amides is 2. The first-order valence-electron chi connectivity index (χ1n) is 11.3. The van der Waals surface area contributed by atoms with Gasteiger partial charge in [0.1, 0.15) is 5.52 Å². The van der Waals surface area contributed by atoms with E-state index in [2.05, 4.69) is 31.1 Å². The van der Waals surface area contributed by atoms with Crippen molar-refractivity contribution in [3.8, 4) is 0 Å². The molecular weight excluding hydrogens is 564 g/mol. The van der Waals surface area contributed by atoms with Gasteiger partial charge in [0.2, 0.25) is 5.91 Å². The van der Waals surface area contributed by atoms with Gasteiger partial charge < -0.3 is 19.5 Å². The monoisotopic (exact) mass is 584 g/mol. The minimum absolute atomic E-state index is 0.0414.